The predicted molar refractivity (Wildman–Crippen MR) is 68.3 cm³/mol. The van der Waals surface area contributed by atoms with E-state index < -0.39 is 0 Å². The molecule has 0 aromatic heterocycles. The molecule has 1 aliphatic rings. The number of ether oxygens (including phenoxy) is 1. The molecular weight excluding hydrogens is 220 g/mol. The van der Waals surface area contributed by atoms with Crippen molar-refractivity contribution in [1.82, 2.24) is 0 Å². The first-order valence-corrected chi connectivity index (χ1v) is 6.27. The minimum absolute atomic E-state index is 0.0866. The van der Waals surface area contributed by atoms with Crippen LogP contribution in [0.3, 0.4) is 0 Å². The summed E-state index contributed by atoms with van der Waals surface area (Å²) in [6, 6.07) is 10.1. The minimum Gasteiger partial charge on any atom is -0.378 e. The van der Waals surface area contributed by atoms with Crippen molar-refractivity contribution in [2.45, 2.75) is 31.4 Å². The summed E-state index contributed by atoms with van der Waals surface area (Å²) in [7, 11) is 0. The summed E-state index contributed by atoms with van der Waals surface area (Å²) < 4.78 is 5.73. The van der Waals surface area contributed by atoms with E-state index in [1.54, 1.807) is 11.8 Å². The molecule has 1 aromatic rings. The summed E-state index contributed by atoms with van der Waals surface area (Å²) in [6.07, 6.45) is 0.842. The minimum atomic E-state index is -0.0866. The van der Waals surface area contributed by atoms with E-state index in [-0.39, 0.29) is 6.23 Å². The van der Waals surface area contributed by atoms with Crippen LogP contribution in [0.15, 0.2) is 35.3 Å². The molecule has 2 unspecified atom stereocenters. The lowest BCUT2D eigenvalue weighted by atomic mass is 10.2. The quantitative estimate of drug-likeness (QED) is 0.876. The van der Waals surface area contributed by atoms with Gasteiger partial charge in [-0.1, -0.05) is 49.0 Å². The topological polar surface area (TPSA) is 47.6 Å². The molecule has 0 spiro atoms. The molecule has 2 atom stereocenters. The third kappa shape index (κ3) is 3.25. The van der Waals surface area contributed by atoms with Crippen molar-refractivity contribution in [2.75, 3.05) is 0 Å². The first-order valence-electron chi connectivity index (χ1n) is 5.39. The summed E-state index contributed by atoms with van der Waals surface area (Å²) >= 11 is 1.61. The number of aliphatic imine (C=N–C) groups is 1. The van der Waals surface area contributed by atoms with Crippen LogP contribution in [0.5, 0.6) is 0 Å². The van der Waals surface area contributed by atoms with Crippen molar-refractivity contribution < 1.29 is 4.74 Å². The zero-order valence-electron chi connectivity index (χ0n) is 9.30. The third-order valence-corrected chi connectivity index (χ3v) is 3.35. The SMILES string of the molecule is CC1CC(OCc2ccccc2)N=C(N)S1. The summed E-state index contributed by atoms with van der Waals surface area (Å²) in [5.74, 6) is 0. The van der Waals surface area contributed by atoms with E-state index in [0.29, 0.717) is 17.0 Å². The third-order valence-electron chi connectivity index (χ3n) is 2.41. The maximum absolute atomic E-state index is 5.73. The number of benzene rings is 1. The fourth-order valence-electron chi connectivity index (χ4n) is 1.64. The highest BCUT2D eigenvalue weighted by molar-refractivity contribution is 8.14. The summed E-state index contributed by atoms with van der Waals surface area (Å²) in [4.78, 5) is 4.28. The van der Waals surface area contributed by atoms with Crippen LogP contribution < -0.4 is 5.73 Å². The molecule has 1 aromatic carbocycles. The van der Waals surface area contributed by atoms with Crippen LogP contribution in [-0.4, -0.2) is 16.6 Å². The largest absolute Gasteiger partial charge is 0.378 e. The summed E-state index contributed by atoms with van der Waals surface area (Å²) in [6.45, 7) is 2.74. The van der Waals surface area contributed by atoms with Crippen LogP contribution in [0, 0.1) is 0 Å². The van der Waals surface area contributed by atoms with E-state index in [9.17, 15) is 0 Å². The molecule has 2 rings (SSSR count). The molecule has 0 radical (unpaired) electrons. The lowest BCUT2D eigenvalue weighted by Crippen LogP contribution is -2.26. The fourth-order valence-corrected chi connectivity index (χ4v) is 2.49. The van der Waals surface area contributed by atoms with Crippen LogP contribution in [0.25, 0.3) is 0 Å². The van der Waals surface area contributed by atoms with Gasteiger partial charge in [0.2, 0.25) is 0 Å². The Morgan fingerprint density at radius 3 is 2.88 bits per heavy atom. The fraction of sp³-hybridized carbons (Fsp3) is 0.417. The molecule has 16 heavy (non-hydrogen) atoms. The Bertz CT molecular complexity index is 367. The molecule has 0 aliphatic carbocycles. The number of hydrogen-bond donors (Lipinski definition) is 1. The normalized spacial score (nSPS) is 25.2. The van der Waals surface area contributed by atoms with Gasteiger partial charge in [-0.15, -0.1) is 0 Å². The first kappa shape index (κ1) is 11.5. The molecule has 0 saturated carbocycles. The summed E-state index contributed by atoms with van der Waals surface area (Å²) in [5, 5.41) is 1.12. The standard InChI is InChI=1S/C12H16N2OS/c1-9-7-11(14-12(13)16-9)15-8-10-5-3-2-4-6-10/h2-6,9,11H,7-8H2,1H3,(H2,13,14). The zero-order valence-corrected chi connectivity index (χ0v) is 10.1. The summed E-state index contributed by atoms with van der Waals surface area (Å²) in [5.41, 5.74) is 6.89. The Hall–Kier alpha value is -1.000. The van der Waals surface area contributed by atoms with Crippen molar-refractivity contribution in [3.63, 3.8) is 0 Å². The Morgan fingerprint density at radius 2 is 2.19 bits per heavy atom. The van der Waals surface area contributed by atoms with Gasteiger partial charge in [-0.2, -0.15) is 0 Å². The average Bonchev–Trinajstić information content (AvgIpc) is 2.27. The van der Waals surface area contributed by atoms with Gasteiger partial charge in [0.25, 0.3) is 0 Å². The van der Waals surface area contributed by atoms with Gasteiger partial charge in [-0.3, -0.25) is 0 Å². The second-order valence-corrected chi connectivity index (χ2v) is 5.34. The van der Waals surface area contributed by atoms with Crippen molar-refractivity contribution in [3.8, 4) is 0 Å². The van der Waals surface area contributed by atoms with Crippen LogP contribution in [0.2, 0.25) is 0 Å². The van der Waals surface area contributed by atoms with Gasteiger partial charge < -0.3 is 10.5 Å². The molecular formula is C12H16N2OS. The van der Waals surface area contributed by atoms with Crippen LogP contribution in [-0.2, 0) is 11.3 Å². The molecule has 4 heteroatoms. The van der Waals surface area contributed by atoms with E-state index in [1.165, 1.54) is 5.56 Å². The number of rotatable bonds is 3. The molecule has 0 bridgehead atoms. The van der Waals surface area contributed by atoms with Crippen molar-refractivity contribution >= 4 is 16.9 Å². The maximum Gasteiger partial charge on any atom is 0.156 e. The van der Waals surface area contributed by atoms with Crippen molar-refractivity contribution in [1.29, 1.82) is 0 Å². The second kappa shape index (κ2) is 5.37. The van der Waals surface area contributed by atoms with Gasteiger partial charge in [-0.25, -0.2) is 4.99 Å². The molecule has 86 valence electrons. The molecule has 0 saturated heterocycles. The molecule has 2 N–H and O–H groups in total. The average molecular weight is 236 g/mol. The molecule has 3 nitrogen and oxygen atoms in total. The van der Waals surface area contributed by atoms with Gasteiger partial charge in [0, 0.05) is 11.7 Å². The Balaban J connectivity index is 1.89. The highest BCUT2D eigenvalue weighted by Crippen LogP contribution is 2.24. The predicted octanol–water partition coefficient (Wildman–Crippen LogP) is 2.37. The number of amidine groups is 1. The molecule has 1 heterocycles. The zero-order chi connectivity index (χ0) is 11.4. The number of nitrogens with zero attached hydrogens (tertiary/aromatic N) is 1. The molecule has 0 fully saturated rings. The first-order chi connectivity index (χ1) is 7.74. The van der Waals surface area contributed by atoms with Crippen LogP contribution in [0.1, 0.15) is 18.9 Å². The van der Waals surface area contributed by atoms with Crippen LogP contribution in [0.4, 0.5) is 0 Å². The Kier molecular flexibility index (Phi) is 3.85. The number of thioether (sulfide) groups is 1. The van der Waals surface area contributed by atoms with Gasteiger partial charge in [0.15, 0.2) is 11.4 Å². The highest BCUT2D eigenvalue weighted by atomic mass is 32.2. The second-order valence-electron chi connectivity index (χ2n) is 3.88. The monoisotopic (exact) mass is 236 g/mol. The smallest absolute Gasteiger partial charge is 0.156 e. The van der Waals surface area contributed by atoms with Gasteiger partial charge in [0.05, 0.1) is 6.61 Å². The van der Waals surface area contributed by atoms with Crippen LogP contribution >= 0.6 is 11.8 Å². The lowest BCUT2D eigenvalue weighted by molar-refractivity contribution is 0.0411. The highest BCUT2D eigenvalue weighted by Gasteiger charge is 2.20. The number of nitrogens with two attached hydrogens (primary N) is 1. The molecule has 1 aliphatic heterocycles. The van der Waals surface area contributed by atoms with E-state index in [2.05, 4.69) is 11.9 Å². The van der Waals surface area contributed by atoms with E-state index >= 15 is 0 Å². The van der Waals surface area contributed by atoms with Gasteiger partial charge >= 0.3 is 0 Å². The Morgan fingerprint density at radius 1 is 1.44 bits per heavy atom. The molecule has 0 amide bonds. The van der Waals surface area contributed by atoms with Gasteiger partial charge in [-0.05, 0) is 5.56 Å². The maximum atomic E-state index is 5.73. The van der Waals surface area contributed by atoms with Gasteiger partial charge in [0.1, 0.15) is 0 Å². The van der Waals surface area contributed by atoms with E-state index in [4.69, 9.17) is 10.5 Å². The van der Waals surface area contributed by atoms with E-state index in [0.717, 1.165) is 6.42 Å². The number of hydrogen-bond acceptors (Lipinski definition) is 4. The lowest BCUT2D eigenvalue weighted by Gasteiger charge is -2.23. The van der Waals surface area contributed by atoms with Crippen molar-refractivity contribution in [3.05, 3.63) is 35.9 Å². The Labute approximate surface area is 100 Å². The van der Waals surface area contributed by atoms with E-state index in [1.807, 2.05) is 30.3 Å². The van der Waals surface area contributed by atoms with Crippen molar-refractivity contribution in [2.24, 2.45) is 10.7 Å².